The minimum absolute atomic E-state index is 0.105. The summed E-state index contributed by atoms with van der Waals surface area (Å²) in [7, 11) is 1.62. The lowest BCUT2D eigenvalue weighted by Gasteiger charge is -2.26. The van der Waals surface area contributed by atoms with Gasteiger partial charge in [0.2, 0.25) is 0 Å². The first-order chi connectivity index (χ1) is 15.5. The summed E-state index contributed by atoms with van der Waals surface area (Å²) in [6, 6.07) is 11.8. The fourth-order valence-electron chi connectivity index (χ4n) is 3.62. The summed E-state index contributed by atoms with van der Waals surface area (Å²) in [6.07, 6.45) is 1.02. The van der Waals surface area contributed by atoms with Crippen LogP contribution in [-0.4, -0.2) is 53.2 Å². The number of nitrogens with zero attached hydrogens (tertiary/aromatic N) is 2. The number of rotatable bonds is 11. The highest BCUT2D eigenvalue weighted by Crippen LogP contribution is 2.20. The van der Waals surface area contributed by atoms with Crippen LogP contribution in [-0.2, 0) is 13.1 Å². The number of nitrogens with one attached hydrogen (secondary N) is 2. The zero-order valence-electron chi connectivity index (χ0n) is 19.0. The quantitative estimate of drug-likeness (QED) is 0.322. The summed E-state index contributed by atoms with van der Waals surface area (Å²) in [6.45, 7) is 9.44. The second-order valence-electron chi connectivity index (χ2n) is 7.62. The third-order valence-electron chi connectivity index (χ3n) is 5.53. The number of methoxy groups -OCH3 is 1. The summed E-state index contributed by atoms with van der Waals surface area (Å²) >= 11 is 7.43. The van der Waals surface area contributed by atoms with E-state index in [9.17, 15) is 4.79 Å². The smallest absolute Gasteiger partial charge is 0.253 e. The number of hydrogen-bond acceptors (Lipinski definition) is 5. The van der Waals surface area contributed by atoms with Crippen LogP contribution in [0.4, 0.5) is 0 Å². The number of hydrogen-bond donors (Lipinski definition) is 2. The summed E-state index contributed by atoms with van der Waals surface area (Å²) in [5, 5.41) is 7.10. The van der Waals surface area contributed by atoms with E-state index in [1.54, 1.807) is 18.4 Å². The molecular formula is C24H32N4O2S2. The SMILES string of the molecule is CCN(CC)CCCNC(=S)N(Cc1cccs1)Cc1cc2ccc(OC)cc2[nH]c1=O. The maximum absolute atomic E-state index is 12.8. The molecule has 2 aromatic heterocycles. The second-order valence-corrected chi connectivity index (χ2v) is 9.04. The highest BCUT2D eigenvalue weighted by atomic mass is 32.1. The number of H-pyrrole nitrogens is 1. The third kappa shape index (κ3) is 6.54. The molecule has 0 atom stereocenters. The van der Waals surface area contributed by atoms with Crippen molar-refractivity contribution in [2.45, 2.75) is 33.4 Å². The van der Waals surface area contributed by atoms with Gasteiger partial charge in [-0.3, -0.25) is 4.79 Å². The predicted octanol–water partition coefficient (Wildman–Crippen LogP) is 4.21. The Labute approximate surface area is 199 Å². The Bertz CT molecular complexity index is 1060. The molecule has 0 fully saturated rings. The minimum Gasteiger partial charge on any atom is -0.497 e. The van der Waals surface area contributed by atoms with Gasteiger partial charge in [-0.05, 0) is 73.3 Å². The van der Waals surface area contributed by atoms with Crippen molar-refractivity contribution in [2.24, 2.45) is 0 Å². The molecule has 0 amide bonds. The van der Waals surface area contributed by atoms with E-state index in [1.807, 2.05) is 30.3 Å². The predicted molar refractivity (Wildman–Crippen MR) is 138 cm³/mol. The number of pyridine rings is 1. The molecule has 0 saturated carbocycles. The molecule has 0 spiro atoms. The van der Waals surface area contributed by atoms with E-state index in [0.29, 0.717) is 23.8 Å². The molecule has 3 aromatic rings. The van der Waals surface area contributed by atoms with Crippen molar-refractivity contribution in [1.29, 1.82) is 0 Å². The highest BCUT2D eigenvalue weighted by molar-refractivity contribution is 7.80. The first-order valence-corrected chi connectivity index (χ1v) is 12.3. The number of thiocarbonyl (C=S) groups is 1. The van der Waals surface area contributed by atoms with E-state index < -0.39 is 0 Å². The van der Waals surface area contributed by atoms with Gasteiger partial charge in [-0.1, -0.05) is 19.9 Å². The van der Waals surface area contributed by atoms with Crippen molar-refractivity contribution in [3.63, 3.8) is 0 Å². The molecule has 1 aromatic carbocycles. The van der Waals surface area contributed by atoms with Gasteiger partial charge < -0.3 is 24.8 Å². The fraction of sp³-hybridized carbons (Fsp3) is 0.417. The molecule has 172 valence electrons. The topological polar surface area (TPSA) is 60.6 Å². The van der Waals surface area contributed by atoms with Crippen LogP contribution < -0.4 is 15.6 Å². The molecule has 32 heavy (non-hydrogen) atoms. The van der Waals surface area contributed by atoms with E-state index in [0.717, 1.165) is 49.3 Å². The number of ether oxygens (including phenoxy) is 1. The largest absolute Gasteiger partial charge is 0.497 e. The van der Waals surface area contributed by atoms with Gasteiger partial charge in [0.25, 0.3) is 5.56 Å². The van der Waals surface area contributed by atoms with Crippen molar-refractivity contribution < 1.29 is 4.74 Å². The van der Waals surface area contributed by atoms with Crippen molar-refractivity contribution in [1.82, 2.24) is 20.1 Å². The molecule has 0 aliphatic carbocycles. The lowest BCUT2D eigenvalue weighted by atomic mass is 10.1. The van der Waals surface area contributed by atoms with E-state index in [-0.39, 0.29) is 5.56 Å². The molecule has 2 heterocycles. The van der Waals surface area contributed by atoms with Gasteiger partial charge in [-0.25, -0.2) is 0 Å². The second kappa shape index (κ2) is 12.0. The van der Waals surface area contributed by atoms with Crippen molar-refractivity contribution in [3.8, 4) is 5.75 Å². The summed E-state index contributed by atoms with van der Waals surface area (Å²) < 4.78 is 5.27. The lowest BCUT2D eigenvalue weighted by Crippen LogP contribution is -2.40. The van der Waals surface area contributed by atoms with Gasteiger partial charge in [0.15, 0.2) is 5.11 Å². The fourth-order valence-corrected chi connectivity index (χ4v) is 4.57. The zero-order chi connectivity index (χ0) is 22.9. The van der Waals surface area contributed by atoms with Crippen molar-refractivity contribution >= 4 is 39.6 Å². The number of aromatic amines is 1. The van der Waals surface area contributed by atoms with Crippen LogP contribution in [0, 0.1) is 0 Å². The number of thiophene rings is 1. The van der Waals surface area contributed by atoms with Crippen LogP contribution in [0.2, 0.25) is 0 Å². The molecule has 6 nitrogen and oxygen atoms in total. The Morgan fingerprint density at radius 1 is 1.19 bits per heavy atom. The van der Waals surface area contributed by atoms with Gasteiger partial charge in [0.05, 0.1) is 25.7 Å². The van der Waals surface area contributed by atoms with Crippen LogP contribution in [0.15, 0.2) is 46.6 Å². The van der Waals surface area contributed by atoms with Crippen LogP contribution in [0.25, 0.3) is 10.9 Å². The lowest BCUT2D eigenvalue weighted by molar-refractivity contribution is 0.299. The molecule has 0 unspecified atom stereocenters. The van der Waals surface area contributed by atoms with Gasteiger partial charge in [0, 0.05) is 23.1 Å². The zero-order valence-corrected chi connectivity index (χ0v) is 20.7. The Kier molecular flexibility index (Phi) is 9.08. The van der Waals surface area contributed by atoms with Gasteiger partial charge in [-0.15, -0.1) is 11.3 Å². The van der Waals surface area contributed by atoms with Crippen LogP contribution in [0.1, 0.15) is 30.7 Å². The minimum atomic E-state index is -0.105. The standard InChI is InChI=1S/C24H32N4O2S2/c1-4-27(5-2)12-7-11-25-24(31)28(17-21-8-6-13-32-21)16-19-14-18-9-10-20(30-3)15-22(18)26-23(19)29/h6,8-10,13-15H,4-5,7,11-12,16-17H2,1-3H3,(H,25,31)(H,26,29). The molecular weight excluding hydrogens is 440 g/mol. The van der Waals surface area contributed by atoms with E-state index in [1.165, 1.54) is 4.88 Å². The Hall–Kier alpha value is -2.42. The van der Waals surface area contributed by atoms with Gasteiger partial charge in [0.1, 0.15) is 5.75 Å². The first kappa shape index (κ1) is 24.2. The Morgan fingerprint density at radius 3 is 2.69 bits per heavy atom. The molecule has 0 aliphatic heterocycles. The van der Waals surface area contributed by atoms with Crippen molar-refractivity contribution in [3.05, 3.63) is 62.6 Å². The monoisotopic (exact) mass is 472 g/mol. The van der Waals surface area contributed by atoms with E-state index in [4.69, 9.17) is 17.0 Å². The number of aromatic nitrogens is 1. The average Bonchev–Trinajstić information content (AvgIpc) is 3.32. The third-order valence-corrected chi connectivity index (χ3v) is 6.79. The molecule has 0 bridgehead atoms. The van der Waals surface area contributed by atoms with Crippen molar-refractivity contribution in [2.75, 3.05) is 33.3 Å². The maximum atomic E-state index is 12.8. The Morgan fingerprint density at radius 2 is 2.00 bits per heavy atom. The summed E-state index contributed by atoms with van der Waals surface area (Å²) in [4.78, 5) is 21.5. The van der Waals surface area contributed by atoms with E-state index >= 15 is 0 Å². The van der Waals surface area contributed by atoms with Gasteiger partial charge in [-0.2, -0.15) is 0 Å². The van der Waals surface area contributed by atoms with Crippen LogP contribution >= 0.6 is 23.6 Å². The number of fused-ring (bicyclic) bond motifs is 1. The highest BCUT2D eigenvalue weighted by Gasteiger charge is 2.15. The maximum Gasteiger partial charge on any atom is 0.253 e. The normalized spacial score (nSPS) is 11.1. The molecule has 3 rings (SSSR count). The summed E-state index contributed by atoms with van der Waals surface area (Å²) in [5.41, 5.74) is 1.35. The van der Waals surface area contributed by atoms with Crippen LogP contribution in [0.3, 0.4) is 0 Å². The summed E-state index contributed by atoms with van der Waals surface area (Å²) in [5.74, 6) is 0.718. The molecule has 8 heteroatoms. The Balaban J connectivity index is 1.73. The first-order valence-electron chi connectivity index (χ1n) is 11.0. The molecule has 2 N–H and O–H groups in total. The van der Waals surface area contributed by atoms with Crippen LogP contribution in [0.5, 0.6) is 5.75 Å². The van der Waals surface area contributed by atoms with E-state index in [2.05, 4.69) is 45.4 Å². The molecule has 0 saturated heterocycles. The van der Waals surface area contributed by atoms with Gasteiger partial charge >= 0.3 is 0 Å². The number of benzene rings is 1. The molecule has 0 aliphatic rings. The molecule has 0 radical (unpaired) electrons. The average molecular weight is 473 g/mol.